The number of nitriles is 1. The summed E-state index contributed by atoms with van der Waals surface area (Å²) in [4.78, 5) is 0. The topological polar surface area (TPSA) is 93.6 Å². The second-order valence-electron chi connectivity index (χ2n) is 9.17. The van der Waals surface area contributed by atoms with Crippen LogP contribution in [0.1, 0.15) is 72.6 Å². The quantitative estimate of drug-likeness (QED) is 0.702. The molecular weight excluding hydrogens is 374 g/mol. The average molecular weight is 406 g/mol. The molecule has 0 aliphatic heterocycles. The van der Waals surface area contributed by atoms with Gasteiger partial charge in [0.2, 0.25) is 0 Å². The van der Waals surface area contributed by atoms with Gasteiger partial charge in [-0.3, -0.25) is 4.68 Å². The van der Waals surface area contributed by atoms with Gasteiger partial charge in [0.15, 0.2) is 0 Å². The van der Waals surface area contributed by atoms with Gasteiger partial charge in [0.05, 0.1) is 23.7 Å². The van der Waals surface area contributed by atoms with E-state index in [1.807, 2.05) is 33.0 Å². The van der Waals surface area contributed by atoms with Crippen LogP contribution < -0.4 is 0 Å². The molecule has 0 saturated carbocycles. The van der Waals surface area contributed by atoms with Crippen molar-refractivity contribution in [2.45, 2.75) is 77.7 Å². The number of hydrogen-bond donors (Lipinski definition) is 0. The molecule has 28 heavy (non-hydrogen) atoms. The fourth-order valence-electron chi connectivity index (χ4n) is 2.86. The number of hydrogen-bond acceptors (Lipinski definition) is 5. The van der Waals surface area contributed by atoms with Crippen molar-refractivity contribution in [3.63, 3.8) is 0 Å². The molecule has 8 heteroatoms. The minimum Gasteiger partial charge on any atom is -0.252 e. The molecule has 2 aromatic heterocycles. The number of aromatic nitrogens is 4. The first-order valence-electron chi connectivity index (χ1n) is 9.51. The molecule has 154 valence electrons. The molecule has 2 heterocycles. The summed E-state index contributed by atoms with van der Waals surface area (Å²) in [7, 11) is -3.40. The van der Waals surface area contributed by atoms with Gasteiger partial charge >= 0.3 is 0 Å². The van der Waals surface area contributed by atoms with E-state index in [2.05, 4.69) is 37.0 Å². The van der Waals surface area contributed by atoms with Gasteiger partial charge in [-0.15, -0.1) is 0 Å². The third-order valence-electron chi connectivity index (χ3n) is 5.33. The highest BCUT2D eigenvalue weighted by Gasteiger charge is 2.33. The Morgan fingerprint density at radius 1 is 1.14 bits per heavy atom. The zero-order valence-corrected chi connectivity index (χ0v) is 18.7. The lowest BCUT2D eigenvalue weighted by atomic mass is 9.79. The minimum atomic E-state index is -3.40. The van der Waals surface area contributed by atoms with E-state index in [0.717, 1.165) is 15.3 Å². The minimum absolute atomic E-state index is 0.00351. The second-order valence-corrected chi connectivity index (χ2v) is 11.3. The van der Waals surface area contributed by atoms with E-state index >= 15 is 0 Å². The number of rotatable bonds is 7. The Balaban J connectivity index is 2.22. The van der Waals surface area contributed by atoms with Gasteiger partial charge in [-0.2, -0.15) is 19.5 Å². The van der Waals surface area contributed by atoms with Crippen LogP contribution in [-0.2, 0) is 26.4 Å². The van der Waals surface area contributed by atoms with Crippen LogP contribution in [-0.4, -0.2) is 33.1 Å². The molecule has 7 nitrogen and oxygen atoms in total. The van der Waals surface area contributed by atoms with Crippen LogP contribution in [0.2, 0.25) is 0 Å². The van der Waals surface area contributed by atoms with Crippen LogP contribution in [0.4, 0.5) is 0 Å². The van der Waals surface area contributed by atoms with E-state index in [9.17, 15) is 13.7 Å². The van der Waals surface area contributed by atoms with E-state index in [4.69, 9.17) is 0 Å². The summed E-state index contributed by atoms with van der Waals surface area (Å²) in [5.41, 5.74) is 0.575. The molecular formula is C20H31N5O2S. The Morgan fingerprint density at radius 2 is 1.79 bits per heavy atom. The molecule has 2 rings (SSSR count). The maximum Gasteiger partial charge on any atom is 0.253 e. The zero-order chi connectivity index (χ0) is 21.4. The SMILES string of the molecule is CCS(=O)(=O)n1cc(C(C)(C)CCC(C)(C#N)n2ccc(C(C)(C)C)n2)cn1. The van der Waals surface area contributed by atoms with Crippen molar-refractivity contribution >= 4 is 10.0 Å². The Kier molecular flexibility index (Phi) is 5.82. The molecule has 0 aromatic carbocycles. The third-order valence-corrected chi connectivity index (χ3v) is 6.83. The molecule has 0 amide bonds. The predicted molar refractivity (Wildman–Crippen MR) is 110 cm³/mol. The predicted octanol–water partition coefficient (Wildman–Crippen LogP) is 3.57. The van der Waals surface area contributed by atoms with Gasteiger partial charge in [-0.1, -0.05) is 34.6 Å². The summed E-state index contributed by atoms with van der Waals surface area (Å²) in [6, 6.07) is 4.36. The Bertz CT molecular complexity index is 973. The lowest BCUT2D eigenvalue weighted by Gasteiger charge is -2.29. The summed E-state index contributed by atoms with van der Waals surface area (Å²) in [6.45, 7) is 13.8. The molecule has 0 spiro atoms. The second kappa shape index (κ2) is 7.36. The Labute approximate surface area is 168 Å². The molecule has 0 radical (unpaired) electrons. The van der Waals surface area contributed by atoms with Crippen LogP contribution in [0.15, 0.2) is 24.7 Å². The van der Waals surface area contributed by atoms with Gasteiger partial charge in [-0.05, 0) is 43.7 Å². The fourth-order valence-corrected chi connectivity index (χ4v) is 3.59. The van der Waals surface area contributed by atoms with Crippen LogP contribution in [0.5, 0.6) is 0 Å². The molecule has 0 fully saturated rings. The molecule has 0 bridgehead atoms. The average Bonchev–Trinajstić information content (AvgIpc) is 3.29. The van der Waals surface area contributed by atoms with Crippen LogP contribution >= 0.6 is 0 Å². The summed E-state index contributed by atoms with van der Waals surface area (Å²) < 4.78 is 26.8. The van der Waals surface area contributed by atoms with E-state index in [-0.39, 0.29) is 16.6 Å². The molecule has 0 N–H and O–H groups in total. The molecule has 0 saturated heterocycles. The molecule has 1 atom stereocenters. The Morgan fingerprint density at radius 3 is 2.29 bits per heavy atom. The molecule has 2 aromatic rings. The summed E-state index contributed by atoms with van der Waals surface area (Å²) in [6.07, 6.45) is 6.30. The smallest absolute Gasteiger partial charge is 0.252 e. The fraction of sp³-hybridized carbons (Fsp3) is 0.650. The number of nitrogens with zero attached hydrogens (tertiary/aromatic N) is 5. The highest BCUT2D eigenvalue weighted by molar-refractivity contribution is 7.89. The standard InChI is InChI=1S/C20H31N5O2S/c1-8-28(26,27)25-14-16(13-22-25)19(5,6)10-11-20(7,15-21)24-12-9-17(23-24)18(2,3)4/h9,12-14H,8,10-11H2,1-7H3. The highest BCUT2D eigenvalue weighted by atomic mass is 32.2. The van der Waals surface area contributed by atoms with Crippen molar-refractivity contribution in [3.8, 4) is 6.07 Å². The lowest BCUT2D eigenvalue weighted by molar-refractivity contribution is 0.302. The normalized spacial score (nSPS) is 15.2. The van der Waals surface area contributed by atoms with E-state index < -0.39 is 15.6 Å². The maximum absolute atomic E-state index is 12.0. The van der Waals surface area contributed by atoms with Gasteiger partial charge in [0.1, 0.15) is 5.54 Å². The van der Waals surface area contributed by atoms with Crippen LogP contribution in [0, 0.1) is 11.3 Å². The maximum atomic E-state index is 12.0. The zero-order valence-electron chi connectivity index (χ0n) is 17.9. The van der Waals surface area contributed by atoms with Crippen molar-refractivity contribution in [1.29, 1.82) is 5.26 Å². The monoisotopic (exact) mass is 405 g/mol. The van der Waals surface area contributed by atoms with E-state index in [1.165, 1.54) is 0 Å². The van der Waals surface area contributed by atoms with Crippen molar-refractivity contribution < 1.29 is 8.42 Å². The largest absolute Gasteiger partial charge is 0.253 e. The first-order valence-corrected chi connectivity index (χ1v) is 11.1. The van der Waals surface area contributed by atoms with Gasteiger partial charge < -0.3 is 0 Å². The van der Waals surface area contributed by atoms with Crippen LogP contribution in [0.25, 0.3) is 0 Å². The first-order chi connectivity index (χ1) is 12.7. The van der Waals surface area contributed by atoms with Gasteiger partial charge in [0.25, 0.3) is 10.0 Å². The van der Waals surface area contributed by atoms with Crippen molar-refractivity contribution in [2.24, 2.45) is 0 Å². The molecule has 0 aliphatic rings. The summed E-state index contributed by atoms with van der Waals surface area (Å²) in [5.74, 6) is -0.00351. The van der Waals surface area contributed by atoms with Crippen molar-refractivity contribution in [2.75, 3.05) is 5.75 Å². The first kappa shape index (κ1) is 22.2. The summed E-state index contributed by atoms with van der Waals surface area (Å²) in [5, 5.41) is 18.5. The highest BCUT2D eigenvalue weighted by Crippen LogP contribution is 2.33. The lowest BCUT2D eigenvalue weighted by Crippen LogP contribution is -2.32. The van der Waals surface area contributed by atoms with Gasteiger partial charge in [0, 0.05) is 17.8 Å². The Hall–Kier alpha value is -2.14. The molecule has 1 unspecified atom stereocenters. The summed E-state index contributed by atoms with van der Waals surface area (Å²) >= 11 is 0. The van der Waals surface area contributed by atoms with E-state index in [0.29, 0.717) is 12.8 Å². The van der Waals surface area contributed by atoms with Gasteiger partial charge in [-0.25, -0.2) is 8.42 Å². The van der Waals surface area contributed by atoms with E-state index in [1.54, 1.807) is 24.0 Å². The van der Waals surface area contributed by atoms with Crippen molar-refractivity contribution in [3.05, 3.63) is 35.9 Å². The molecule has 0 aliphatic carbocycles. The van der Waals surface area contributed by atoms with Crippen molar-refractivity contribution in [1.82, 2.24) is 19.0 Å². The van der Waals surface area contributed by atoms with Crippen LogP contribution in [0.3, 0.4) is 0 Å². The third kappa shape index (κ3) is 4.46.